The summed E-state index contributed by atoms with van der Waals surface area (Å²) in [5.74, 6) is -1.11. The summed E-state index contributed by atoms with van der Waals surface area (Å²) in [7, 11) is 0. The average Bonchev–Trinajstić information content (AvgIpc) is 2.91. The molecule has 38 heavy (non-hydrogen) atoms. The van der Waals surface area contributed by atoms with E-state index < -0.39 is 12.1 Å². The highest BCUT2D eigenvalue weighted by molar-refractivity contribution is 5.66. The summed E-state index contributed by atoms with van der Waals surface area (Å²) in [6.45, 7) is 2.37. The van der Waals surface area contributed by atoms with Gasteiger partial charge in [0.1, 0.15) is 0 Å². The third-order valence-electron chi connectivity index (χ3n) is 7.10. The number of rotatable bonds is 24. The second-order valence-corrected chi connectivity index (χ2v) is 10.7. The molecule has 0 fully saturated rings. The van der Waals surface area contributed by atoms with E-state index in [9.17, 15) is 9.90 Å². The minimum atomic E-state index is -0.795. The standard InChI is InChI=1S/C24H48O2.C8H11NO3/c1-2-3-4-5-6-7-8-9-10-11-12-13-14-15-16-17-18-19-20-21-22-23-24(25)26;9-4-8(12)5-1-2-6(10)7(11)3-5/h2-23H2,1H3,(H,25,26);1-3,8,10-12H,4,9H2. The third kappa shape index (κ3) is 23.3. The summed E-state index contributed by atoms with van der Waals surface area (Å²) >= 11 is 0. The van der Waals surface area contributed by atoms with Crippen LogP contribution in [0.3, 0.4) is 0 Å². The maximum absolute atomic E-state index is 10.4. The number of aliphatic hydroxyl groups is 1. The van der Waals surface area contributed by atoms with E-state index in [4.69, 9.17) is 21.1 Å². The number of carboxylic acids is 1. The molecule has 0 aromatic heterocycles. The molecule has 0 aliphatic carbocycles. The van der Waals surface area contributed by atoms with Crippen molar-refractivity contribution in [1.29, 1.82) is 0 Å². The normalized spacial score (nSPS) is 11.7. The van der Waals surface area contributed by atoms with Crippen LogP contribution >= 0.6 is 0 Å². The molecule has 1 rings (SSSR count). The fraction of sp³-hybridized carbons (Fsp3) is 0.781. The Morgan fingerprint density at radius 3 is 1.34 bits per heavy atom. The van der Waals surface area contributed by atoms with Crippen molar-refractivity contribution in [1.82, 2.24) is 0 Å². The molecule has 6 heteroatoms. The number of benzene rings is 1. The summed E-state index contributed by atoms with van der Waals surface area (Å²) in [5.41, 5.74) is 5.69. The summed E-state index contributed by atoms with van der Waals surface area (Å²) in [6, 6.07) is 4.10. The van der Waals surface area contributed by atoms with Crippen LogP contribution in [-0.2, 0) is 4.79 Å². The number of unbranched alkanes of at least 4 members (excludes halogenated alkanes) is 20. The fourth-order valence-corrected chi connectivity index (χ4v) is 4.59. The SMILES string of the molecule is CCCCCCCCCCCCCCCCCCCCCCCC(=O)O.NCC(O)c1ccc(O)c(O)c1. The lowest BCUT2D eigenvalue weighted by atomic mass is 10.0. The molecule has 0 bridgehead atoms. The summed E-state index contributed by atoms with van der Waals surface area (Å²) < 4.78 is 0. The maximum atomic E-state index is 10.4. The molecule has 0 aliphatic heterocycles. The van der Waals surface area contributed by atoms with Gasteiger partial charge in [-0.05, 0) is 24.1 Å². The zero-order valence-corrected chi connectivity index (χ0v) is 24.3. The van der Waals surface area contributed by atoms with Gasteiger partial charge in [-0.1, -0.05) is 141 Å². The molecule has 1 aromatic rings. The molecule has 1 aromatic carbocycles. The van der Waals surface area contributed by atoms with Crippen molar-refractivity contribution in [2.75, 3.05) is 6.54 Å². The summed E-state index contributed by atoms with van der Waals surface area (Å²) in [6.07, 6.45) is 28.3. The lowest BCUT2D eigenvalue weighted by Crippen LogP contribution is -2.11. The molecular formula is C32H59NO5. The Kier molecular flexibility index (Phi) is 25.5. The lowest BCUT2D eigenvalue weighted by Gasteiger charge is -2.08. The summed E-state index contributed by atoms with van der Waals surface area (Å²) in [4.78, 5) is 10.4. The van der Waals surface area contributed by atoms with Gasteiger partial charge < -0.3 is 26.2 Å². The van der Waals surface area contributed by atoms with Gasteiger partial charge >= 0.3 is 5.97 Å². The smallest absolute Gasteiger partial charge is 0.303 e. The molecule has 0 radical (unpaired) electrons. The van der Waals surface area contributed by atoms with Crippen LogP contribution in [0.4, 0.5) is 0 Å². The van der Waals surface area contributed by atoms with Gasteiger partial charge in [-0.25, -0.2) is 0 Å². The van der Waals surface area contributed by atoms with Crippen molar-refractivity contribution in [2.45, 2.75) is 154 Å². The molecule has 222 valence electrons. The van der Waals surface area contributed by atoms with Gasteiger partial charge in [0.2, 0.25) is 0 Å². The van der Waals surface area contributed by atoms with Gasteiger partial charge in [-0.3, -0.25) is 4.79 Å². The molecule has 1 unspecified atom stereocenters. The predicted molar refractivity (Wildman–Crippen MR) is 159 cm³/mol. The molecule has 6 N–H and O–H groups in total. The van der Waals surface area contributed by atoms with Crippen LogP contribution in [-0.4, -0.2) is 32.9 Å². The van der Waals surface area contributed by atoms with Crippen molar-refractivity contribution >= 4 is 5.97 Å². The molecule has 0 saturated carbocycles. The van der Waals surface area contributed by atoms with E-state index in [1.165, 1.54) is 140 Å². The molecule has 0 saturated heterocycles. The number of carbonyl (C=O) groups is 1. The zero-order chi connectivity index (χ0) is 28.3. The maximum Gasteiger partial charge on any atom is 0.303 e. The van der Waals surface area contributed by atoms with Gasteiger partial charge in [0.25, 0.3) is 0 Å². The number of aliphatic carboxylic acids is 1. The number of hydrogen-bond donors (Lipinski definition) is 5. The van der Waals surface area contributed by atoms with E-state index in [1.54, 1.807) is 0 Å². The van der Waals surface area contributed by atoms with Crippen LogP contribution in [0.25, 0.3) is 0 Å². The van der Waals surface area contributed by atoms with Crippen LogP contribution in [0.15, 0.2) is 18.2 Å². The highest BCUT2D eigenvalue weighted by Gasteiger charge is 2.07. The Morgan fingerprint density at radius 1 is 0.658 bits per heavy atom. The number of hydrogen-bond acceptors (Lipinski definition) is 5. The first-order chi connectivity index (χ1) is 18.4. The van der Waals surface area contributed by atoms with Gasteiger partial charge in [0, 0.05) is 13.0 Å². The van der Waals surface area contributed by atoms with Gasteiger partial charge in [-0.2, -0.15) is 0 Å². The van der Waals surface area contributed by atoms with E-state index >= 15 is 0 Å². The molecule has 6 nitrogen and oxygen atoms in total. The van der Waals surface area contributed by atoms with Crippen molar-refractivity contribution in [3.8, 4) is 11.5 Å². The van der Waals surface area contributed by atoms with Gasteiger partial charge in [0.05, 0.1) is 6.10 Å². The third-order valence-corrected chi connectivity index (χ3v) is 7.10. The largest absolute Gasteiger partial charge is 0.504 e. The van der Waals surface area contributed by atoms with E-state index in [-0.39, 0.29) is 18.0 Å². The average molecular weight is 538 g/mol. The quantitative estimate of drug-likeness (QED) is 0.0663. The number of aromatic hydroxyl groups is 2. The molecule has 0 aliphatic rings. The first kappa shape index (κ1) is 36.2. The second-order valence-electron chi connectivity index (χ2n) is 10.7. The zero-order valence-electron chi connectivity index (χ0n) is 24.3. The Bertz CT molecular complexity index is 667. The number of phenols is 2. The number of phenolic OH excluding ortho intramolecular Hbond substituents is 2. The van der Waals surface area contributed by atoms with Crippen molar-refractivity contribution in [2.24, 2.45) is 5.73 Å². The lowest BCUT2D eigenvalue weighted by molar-refractivity contribution is -0.137. The topological polar surface area (TPSA) is 124 Å². The molecule has 0 amide bonds. The Balaban J connectivity index is 0.000000942. The van der Waals surface area contributed by atoms with E-state index in [0.717, 1.165) is 12.8 Å². The Morgan fingerprint density at radius 2 is 1.03 bits per heavy atom. The summed E-state index contributed by atoms with van der Waals surface area (Å²) in [5, 5.41) is 35.8. The minimum Gasteiger partial charge on any atom is -0.504 e. The van der Waals surface area contributed by atoms with E-state index in [0.29, 0.717) is 12.0 Å². The van der Waals surface area contributed by atoms with Crippen molar-refractivity contribution < 1.29 is 25.2 Å². The first-order valence-corrected chi connectivity index (χ1v) is 15.5. The van der Waals surface area contributed by atoms with Gasteiger partial charge in [0.15, 0.2) is 11.5 Å². The van der Waals surface area contributed by atoms with Gasteiger partial charge in [-0.15, -0.1) is 0 Å². The monoisotopic (exact) mass is 537 g/mol. The van der Waals surface area contributed by atoms with Crippen LogP contribution < -0.4 is 5.73 Å². The van der Waals surface area contributed by atoms with Crippen LogP contribution in [0, 0.1) is 0 Å². The van der Waals surface area contributed by atoms with E-state index in [1.807, 2.05) is 0 Å². The second kappa shape index (κ2) is 26.8. The Labute approximate surface area is 233 Å². The number of nitrogens with two attached hydrogens (primary N) is 1. The minimum absolute atomic E-state index is 0.0875. The van der Waals surface area contributed by atoms with Crippen LogP contribution in [0.2, 0.25) is 0 Å². The number of aliphatic hydroxyl groups excluding tert-OH is 1. The van der Waals surface area contributed by atoms with Crippen molar-refractivity contribution in [3.63, 3.8) is 0 Å². The Hall–Kier alpha value is -1.79. The highest BCUT2D eigenvalue weighted by Crippen LogP contribution is 2.27. The van der Waals surface area contributed by atoms with Crippen LogP contribution in [0.5, 0.6) is 11.5 Å². The molecule has 0 spiro atoms. The highest BCUT2D eigenvalue weighted by atomic mass is 16.4. The molecule has 0 heterocycles. The number of carboxylic acid groups (broad SMARTS) is 1. The van der Waals surface area contributed by atoms with Crippen molar-refractivity contribution in [3.05, 3.63) is 23.8 Å². The molecule has 1 atom stereocenters. The fourth-order valence-electron chi connectivity index (χ4n) is 4.59. The van der Waals surface area contributed by atoms with Crippen LogP contribution in [0.1, 0.15) is 160 Å². The van der Waals surface area contributed by atoms with E-state index in [2.05, 4.69) is 6.92 Å². The first-order valence-electron chi connectivity index (χ1n) is 15.5. The predicted octanol–water partition coefficient (Wildman–Crippen LogP) is 8.76. The molecular weight excluding hydrogens is 478 g/mol.